The lowest BCUT2D eigenvalue weighted by Crippen LogP contribution is -2.23. The fourth-order valence-electron chi connectivity index (χ4n) is 3.04. The van der Waals surface area contributed by atoms with Gasteiger partial charge < -0.3 is 9.30 Å². The molecule has 9 heteroatoms. The summed E-state index contributed by atoms with van der Waals surface area (Å²) in [6.45, 7) is 5.47. The molecule has 0 amide bonds. The number of nitrogens with zero attached hydrogens (tertiary/aromatic N) is 6. The molecule has 2 aromatic carbocycles. The Bertz CT molecular complexity index is 1210. The summed E-state index contributed by atoms with van der Waals surface area (Å²) in [7, 11) is 0. The molecule has 0 saturated carbocycles. The van der Waals surface area contributed by atoms with E-state index in [2.05, 4.69) is 38.9 Å². The second-order valence-electron chi connectivity index (χ2n) is 7.52. The third-order valence-corrected chi connectivity index (χ3v) is 5.71. The molecule has 0 unspecified atom stereocenters. The Kier molecular flexibility index (Phi) is 6.61. The summed E-state index contributed by atoms with van der Waals surface area (Å²) in [4.78, 5) is 12.7. The van der Waals surface area contributed by atoms with Crippen molar-refractivity contribution in [2.75, 3.05) is 0 Å². The van der Waals surface area contributed by atoms with Gasteiger partial charge in [-0.25, -0.2) is 0 Å². The van der Waals surface area contributed by atoms with Gasteiger partial charge in [0.05, 0.1) is 11.3 Å². The van der Waals surface area contributed by atoms with Gasteiger partial charge in [-0.3, -0.25) is 4.79 Å². The molecule has 8 nitrogen and oxygen atoms in total. The molecule has 0 atom stereocenters. The highest BCUT2D eigenvalue weighted by atomic mass is 32.2. The standard InChI is InChI=1S/C22H24N6O2S/c1-16(2)12-13-27-20(14-30-17-8-4-3-5-9-17)24-25-22(27)31-15-28-21(29)18-10-6-7-11-19(18)23-26-28/h3-11,16H,12-15H2,1-2H3. The number of fused-ring (bicyclic) bond motifs is 1. The van der Waals surface area contributed by atoms with Crippen LogP contribution in [0.1, 0.15) is 26.1 Å². The SMILES string of the molecule is CC(C)CCn1c(COc2ccccc2)nnc1SCn1nnc2ccccc2c1=O. The van der Waals surface area contributed by atoms with Crippen LogP contribution in [0.15, 0.2) is 64.5 Å². The van der Waals surface area contributed by atoms with E-state index in [1.807, 2.05) is 42.5 Å². The number of hydrogen-bond acceptors (Lipinski definition) is 7. The number of rotatable bonds is 9. The second-order valence-corrected chi connectivity index (χ2v) is 8.43. The molecule has 160 valence electrons. The quantitative estimate of drug-likeness (QED) is 0.369. The summed E-state index contributed by atoms with van der Waals surface area (Å²) in [5.41, 5.74) is 0.424. The lowest BCUT2D eigenvalue weighted by atomic mass is 10.1. The predicted molar refractivity (Wildman–Crippen MR) is 120 cm³/mol. The van der Waals surface area contributed by atoms with Crippen LogP contribution in [0.25, 0.3) is 10.9 Å². The van der Waals surface area contributed by atoms with E-state index in [0.29, 0.717) is 29.3 Å². The minimum absolute atomic E-state index is 0.168. The smallest absolute Gasteiger partial charge is 0.278 e. The second kappa shape index (κ2) is 9.74. The first-order valence-corrected chi connectivity index (χ1v) is 11.2. The third-order valence-electron chi connectivity index (χ3n) is 4.78. The highest BCUT2D eigenvalue weighted by Crippen LogP contribution is 2.21. The molecule has 2 heterocycles. The average molecular weight is 437 g/mol. The first-order chi connectivity index (χ1) is 15.1. The zero-order chi connectivity index (χ0) is 21.6. The largest absolute Gasteiger partial charge is 0.486 e. The maximum Gasteiger partial charge on any atom is 0.278 e. The molecule has 0 aliphatic heterocycles. The highest BCUT2D eigenvalue weighted by Gasteiger charge is 2.15. The summed E-state index contributed by atoms with van der Waals surface area (Å²) in [6, 6.07) is 16.8. The van der Waals surface area contributed by atoms with Crippen LogP contribution in [-0.2, 0) is 19.0 Å². The van der Waals surface area contributed by atoms with Crippen LogP contribution in [0.4, 0.5) is 0 Å². The molecule has 0 fully saturated rings. The van der Waals surface area contributed by atoms with Crippen LogP contribution in [0.2, 0.25) is 0 Å². The summed E-state index contributed by atoms with van der Waals surface area (Å²) >= 11 is 1.41. The van der Waals surface area contributed by atoms with Crippen LogP contribution in [0.3, 0.4) is 0 Å². The zero-order valence-electron chi connectivity index (χ0n) is 17.5. The van der Waals surface area contributed by atoms with Crippen molar-refractivity contribution >= 4 is 22.7 Å². The van der Waals surface area contributed by atoms with Crippen LogP contribution < -0.4 is 10.3 Å². The average Bonchev–Trinajstić information content (AvgIpc) is 3.18. The first kappa shape index (κ1) is 21.0. The van der Waals surface area contributed by atoms with Crippen molar-refractivity contribution in [3.8, 4) is 5.75 Å². The fourth-order valence-corrected chi connectivity index (χ4v) is 3.89. The van der Waals surface area contributed by atoms with E-state index in [1.54, 1.807) is 12.1 Å². The lowest BCUT2D eigenvalue weighted by Gasteiger charge is -2.12. The minimum atomic E-state index is -0.168. The maximum atomic E-state index is 12.7. The number of para-hydroxylation sites is 1. The number of ether oxygens (including phenoxy) is 1. The van der Waals surface area contributed by atoms with Gasteiger partial charge in [0, 0.05) is 6.54 Å². The van der Waals surface area contributed by atoms with Crippen molar-refractivity contribution in [1.29, 1.82) is 0 Å². The number of thioether (sulfide) groups is 1. The van der Waals surface area contributed by atoms with Crippen LogP contribution in [0, 0.1) is 5.92 Å². The minimum Gasteiger partial charge on any atom is -0.486 e. The van der Waals surface area contributed by atoms with Crippen molar-refractivity contribution < 1.29 is 4.74 Å². The van der Waals surface area contributed by atoms with Crippen LogP contribution >= 0.6 is 11.8 Å². The number of benzene rings is 2. The van der Waals surface area contributed by atoms with Crippen molar-refractivity contribution in [2.24, 2.45) is 5.92 Å². The van der Waals surface area contributed by atoms with Crippen molar-refractivity contribution in [3.05, 3.63) is 70.8 Å². The van der Waals surface area contributed by atoms with E-state index in [4.69, 9.17) is 4.74 Å². The zero-order valence-corrected chi connectivity index (χ0v) is 18.3. The lowest BCUT2D eigenvalue weighted by molar-refractivity contribution is 0.285. The van der Waals surface area contributed by atoms with Gasteiger partial charge in [0.25, 0.3) is 5.56 Å². The molecular weight excluding hydrogens is 412 g/mol. The Labute approximate surface area is 184 Å². The van der Waals surface area contributed by atoms with Crippen molar-refractivity contribution in [3.63, 3.8) is 0 Å². The Morgan fingerprint density at radius 1 is 1.00 bits per heavy atom. The fraction of sp³-hybridized carbons (Fsp3) is 0.318. The van der Waals surface area contributed by atoms with Crippen LogP contribution in [0.5, 0.6) is 5.75 Å². The molecule has 0 spiro atoms. The van der Waals surface area contributed by atoms with E-state index in [-0.39, 0.29) is 5.56 Å². The van der Waals surface area contributed by atoms with E-state index in [1.165, 1.54) is 16.4 Å². The molecule has 4 aromatic rings. The molecule has 4 rings (SSSR count). The summed E-state index contributed by atoms with van der Waals surface area (Å²) < 4.78 is 9.29. The molecule has 0 N–H and O–H groups in total. The van der Waals surface area contributed by atoms with Gasteiger partial charge >= 0.3 is 0 Å². The maximum absolute atomic E-state index is 12.7. The Balaban J connectivity index is 1.52. The van der Waals surface area contributed by atoms with Crippen molar-refractivity contribution in [1.82, 2.24) is 29.8 Å². The molecule has 0 saturated heterocycles. The Morgan fingerprint density at radius 2 is 1.77 bits per heavy atom. The van der Waals surface area contributed by atoms with E-state index in [9.17, 15) is 4.79 Å². The molecule has 31 heavy (non-hydrogen) atoms. The van der Waals surface area contributed by atoms with Gasteiger partial charge in [-0.2, -0.15) is 4.68 Å². The molecule has 0 aliphatic carbocycles. The highest BCUT2D eigenvalue weighted by molar-refractivity contribution is 7.98. The Morgan fingerprint density at radius 3 is 2.58 bits per heavy atom. The van der Waals surface area contributed by atoms with Crippen molar-refractivity contribution in [2.45, 2.75) is 44.5 Å². The number of hydrogen-bond donors (Lipinski definition) is 0. The van der Waals surface area contributed by atoms with Gasteiger partial charge in [0.2, 0.25) is 0 Å². The van der Waals surface area contributed by atoms with E-state index >= 15 is 0 Å². The van der Waals surface area contributed by atoms with E-state index in [0.717, 1.165) is 29.7 Å². The van der Waals surface area contributed by atoms with Gasteiger partial charge in [-0.15, -0.1) is 15.3 Å². The third kappa shape index (κ3) is 5.11. The normalized spacial score (nSPS) is 11.3. The molecule has 0 aliphatic rings. The first-order valence-electron chi connectivity index (χ1n) is 10.2. The van der Waals surface area contributed by atoms with Crippen LogP contribution in [-0.4, -0.2) is 29.8 Å². The summed E-state index contributed by atoms with van der Waals surface area (Å²) in [6.07, 6.45) is 0.986. The summed E-state index contributed by atoms with van der Waals surface area (Å²) in [5, 5.41) is 18.2. The monoisotopic (exact) mass is 436 g/mol. The Hall–Kier alpha value is -3.20. The molecule has 2 aromatic heterocycles. The summed E-state index contributed by atoms with van der Waals surface area (Å²) in [5.74, 6) is 2.38. The van der Waals surface area contributed by atoms with Gasteiger partial charge in [0.15, 0.2) is 11.0 Å². The number of aromatic nitrogens is 6. The molecule has 0 bridgehead atoms. The van der Waals surface area contributed by atoms with Gasteiger partial charge in [0.1, 0.15) is 17.9 Å². The predicted octanol–water partition coefficient (Wildman–Crippen LogP) is 3.76. The van der Waals surface area contributed by atoms with Gasteiger partial charge in [-0.05, 0) is 36.6 Å². The van der Waals surface area contributed by atoms with Gasteiger partial charge in [-0.1, -0.05) is 61.2 Å². The van der Waals surface area contributed by atoms with E-state index < -0.39 is 0 Å². The molecular formula is C22H24N6O2S. The molecule has 0 radical (unpaired) electrons. The topological polar surface area (TPSA) is 87.7 Å².